The largest absolute Gasteiger partial charge is 0.375 e. The molecule has 1 aliphatic heterocycles. The van der Waals surface area contributed by atoms with Gasteiger partial charge in [-0.2, -0.15) is 0 Å². The van der Waals surface area contributed by atoms with Gasteiger partial charge in [0.25, 0.3) is 0 Å². The van der Waals surface area contributed by atoms with Crippen LogP contribution in [0.25, 0.3) is 0 Å². The summed E-state index contributed by atoms with van der Waals surface area (Å²) < 4.78 is 30.1. The maximum absolute atomic E-state index is 10.9. The van der Waals surface area contributed by atoms with Crippen LogP contribution in [0.5, 0.6) is 0 Å². The third-order valence-corrected chi connectivity index (χ3v) is 4.41. The monoisotopic (exact) mass is 262 g/mol. The number of nitrogens with one attached hydrogen (secondary N) is 2. The third kappa shape index (κ3) is 3.91. The van der Waals surface area contributed by atoms with Crippen LogP contribution >= 0.6 is 0 Å². The maximum Gasteiger partial charge on any atom is 0.208 e. The molecule has 2 aliphatic rings. The summed E-state index contributed by atoms with van der Waals surface area (Å²) >= 11 is 0. The van der Waals surface area contributed by atoms with Crippen LogP contribution in [0.15, 0.2) is 0 Å². The molecule has 100 valence electrons. The summed E-state index contributed by atoms with van der Waals surface area (Å²) in [6, 6.07) is 0.477. The minimum absolute atomic E-state index is 0.153. The minimum Gasteiger partial charge on any atom is -0.375 e. The van der Waals surface area contributed by atoms with Crippen LogP contribution in [0.1, 0.15) is 32.1 Å². The van der Waals surface area contributed by atoms with Gasteiger partial charge in [-0.15, -0.1) is 0 Å². The fourth-order valence-corrected chi connectivity index (χ4v) is 3.11. The summed E-state index contributed by atoms with van der Waals surface area (Å²) in [6.07, 6.45) is 6.94. The fourth-order valence-electron chi connectivity index (χ4n) is 2.63. The summed E-state index contributed by atoms with van der Waals surface area (Å²) in [7, 11) is -3.06. The Kier molecular flexibility index (Phi) is 4.07. The Labute approximate surface area is 103 Å². The van der Waals surface area contributed by atoms with Crippen molar-refractivity contribution in [2.75, 3.05) is 26.0 Å². The molecule has 17 heavy (non-hydrogen) atoms. The van der Waals surface area contributed by atoms with Crippen molar-refractivity contribution >= 4 is 10.0 Å². The Balaban J connectivity index is 1.65. The van der Waals surface area contributed by atoms with Gasteiger partial charge < -0.3 is 10.1 Å². The Bertz CT molecular complexity index is 352. The lowest BCUT2D eigenvalue weighted by molar-refractivity contribution is -0.135. The van der Waals surface area contributed by atoms with E-state index < -0.39 is 10.0 Å². The molecule has 0 aromatic carbocycles. The highest BCUT2D eigenvalue weighted by Gasteiger charge is 2.42. The molecule has 1 heterocycles. The van der Waals surface area contributed by atoms with Crippen LogP contribution in [0, 0.1) is 0 Å². The van der Waals surface area contributed by atoms with Gasteiger partial charge in [0.05, 0.1) is 11.9 Å². The van der Waals surface area contributed by atoms with Gasteiger partial charge in [-0.05, 0) is 32.1 Å². The second-order valence-corrected chi connectivity index (χ2v) is 7.03. The average Bonchev–Trinajstić information content (AvgIpc) is 2.21. The molecule has 0 amide bonds. The molecule has 1 aliphatic carbocycles. The van der Waals surface area contributed by atoms with Crippen molar-refractivity contribution in [1.82, 2.24) is 10.0 Å². The SMILES string of the molecule is CS(=O)(=O)NCCNC1CCOC2(CCC2)C1. The molecular formula is C11H22N2O3S. The zero-order valence-electron chi connectivity index (χ0n) is 10.4. The van der Waals surface area contributed by atoms with E-state index in [2.05, 4.69) is 10.0 Å². The van der Waals surface area contributed by atoms with E-state index in [-0.39, 0.29) is 5.60 Å². The van der Waals surface area contributed by atoms with Crippen molar-refractivity contribution in [2.45, 2.75) is 43.7 Å². The first-order valence-electron chi connectivity index (χ1n) is 6.31. The van der Waals surface area contributed by atoms with Crippen LogP contribution in [0.4, 0.5) is 0 Å². The molecule has 1 atom stereocenters. The maximum atomic E-state index is 10.9. The van der Waals surface area contributed by atoms with Gasteiger partial charge in [-0.25, -0.2) is 13.1 Å². The van der Waals surface area contributed by atoms with E-state index in [0.717, 1.165) is 19.4 Å². The minimum atomic E-state index is -3.06. The zero-order valence-corrected chi connectivity index (χ0v) is 11.2. The lowest BCUT2D eigenvalue weighted by Gasteiger charge is -2.47. The summed E-state index contributed by atoms with van der Waals surface area (Å²) in [5.41, 5.74) is 0.153. The second-order valence-electron chi connectivity index (χ2n) is 5.20. The number of rotatable bonds is 5. The van der Waals surface area contributed by atoms with E-state index in [1.807, 2.05) is 0 Å². The summed E-state index contributed by atoms with van der Waals surface area (Å²) in [5.74, 6) is 0. The first-order valence-corrected chi connectivity index (χ1v) is 8.20. The molecule has 1 unspecified atom stereocenters. The Morgan fingerprint density at radius 3 is 2.71 bits per heavy atom. The molecule has 6 heteroatoms. The smallest absolute Gasteiger partial charge is 0.208 e. The topological polar surface area (TPSA) is 67.4 Å². The molecule has 1 spiro atoms. The molecule has 1 saturated heterocycles. The normalized spacial score (nSPS) is 27.9. The third-order valence-electron chi connectivity index (χ3n) is 3.68. The van der Waals surface area contributed by atoms with Crippen molar-refractivity contribution < 1.29 is 13.2 Å². The Morgan fingerprint density at radius 1 is 1.35 bits per heavy atom. The van der Waals surface area contributed by atoms with Crippen LogP contribution in [0.2, 0.25) is 0 Å². The first kappa shape index (κ1) is 13.3. The predicted molar refractivity (Wildman–Crippen MR) is 66.4 cm³/mol. The number of hydrogen-bond donors (Lipinski definition) is 2. The van der Waals surface area contributed by atoms with Gasteiger partial charge in [-0.1, -0.05) is 0 Å². The van der Waals surface area contributed by atoms with Crippen LogP contribution in [-0.4, -0.2) is 46.0 Å². The summed E-state index contributed by atoms with van der Waals surface area (Å²) in [4.78, 5) is 0. The number of ether oxygens (including phenoxy) is 1. The molecule has 2 N–H and O–H groups in total. The molecular weight excluding hydrogens is 240 g/mol. The number of sulfonamides is 1. The highest BCUT2D eigenvalue weighted by molar-refractivity contribution is 7.88. The molecule has 5 nitrogen and oxygen atoms in total. The van der Waals surface area contributed by atoms with Gasteiger partial charge in [0.2, 0.25) is 10.0 Å². The van der Waals surface area contributed by atoms with E-state index >= 15 is 0 Å². The predicted octanol–water partition coefficient (Wildman–Crippen LogP) is 0.227. The van der Waals surface area contributed by atoms with E-state index in [1.165, 1.54) is 25.5 Å². The Morgan fingerprint density at radius 2 is 2.12 bits per heavy atom. The quantitative estimate of drug-likeness (QED) is 0.696. The standard InChI is InChI=1S/C11H22N2O3S/c1-17(14,15)13-7-6-12-10-3-8-16-11(9-10)4-2-5-11/h10,12-13H,2-9H2,1H3. The molecule has 1 saturated carbocycles. The first-order chi connectivity index (χ1) is 7.99. The molecule has 0 aromatic heterocycles. The van der Waals surface area contributed by atoms with Crippen molar-refractivity contribution in [3.63, 3.8) is 0 Å². The van der Waals surface area contributed by atoms with Crippen LogP contribution in [0.3, 0.4) is 0 Å². The highest BCUT2D eigenvalue weighted by atomic mass is 32.2. The lowest BCUT2D eigenvalue weighted by atomic mass is 9.74. The van der Waals surface area contributed by atoms with Crippen molar-refractivity contribution in [2.24, 2.45) is 0 Å². The van der Waals surface area contributed by atoms with Gasteiger partial charge in [0, 0.05) is 25.7 Å². The second kappa shape index (κ2) is 5.22. The lowest BCUT2D eigenvalue weighted by Crippen LogP contribution is -2.51. The highest BCUT2D eigenvalue weighted by Crippen LogP contribution is 2.42. The van der Waals surface area contributed by atoms with E-state index in [4.69, 9.17) is 4.74 Å². The van der Waals surface area contributed by atoms with E-state index in [9.17, 15) is 8.42 Å². The van der Waals surface area contributed by atoms with Gasteiger partial charge >= 0.3 is 0 Å². The number of hydrogen-bond acceptors (Lipinski definition) is 4. The van der Waals surface area contributed by atoms with Crippen molar-refractivity contribution in [3.8, 4) is 0 Å². The Hall–Kier alpha value is -0.170. The van der Waals surface area contributed by atoms with E-state index in [0.29, 0.717) is 19.1 Å². The average molecular weight is 262 g/mol. The fraction of sp³-hybridized carbons (Fsp3) is 1.00. The summed E-state index contributed by atoms with van der Waals surface area (Å²) in [6.45, 7) is 1.98. The van der Waals surface area contributed by atoms with Gasteiger partial charge in [0.15, 0.2) is 0 Å². The molecule has 2 rings (SSSR count). The van der Waals surface area contributed by atoms with E-state index in [1.54, 1.807) is 0 Å². The summed E-state index contributed by atoms with van der Waals surface area (Å²) in [5, 5.41) is 3.41. The van der Waals surface area contributed by atoms with Crippen LogP contribution in [-0.2, 0) is 14.8 Å². The van der Waals surface area contributed by atoms with Crippen LogP contribution < -0.4 is 10.0 Å². The molecule has 0 aromatic rings. The zero-order chi connectivity index (χ0) is 12.4. The van der Waals surface area contributed by atoms with Gasteiger partial charge in [-0.3, -0.25) is 0 Å². The molecule has 0 bridgehead atoms. The molecule has 0 radical (unpaired) electrons. The van der Waals surface area contributed by atoms with Crippen molar-refractivity contribution in [1.29, 1.82) is 0 Å². The van der Waals surface area contributed by atoms with Crippen molar-refractivity contribution in [3.05, 3.63) is 0 Å². The van der Waals surface area contributed by atoms with Gasteiger partial charge in [0.1, 0.15) is 0 Å². The molecule has 2 fully saturated rings.